The number of hydrogen-bond acceptors (Lipinski definition) is 9. The summed E-state index contributed by atoms with van der Waals surface area (Å²) in [5.41, 5.74) is 0.568. The van der Waals surface area contributed by atoms with Gasteiger partial charge in [0.2, 0.25) is 5.43 Å². The molecule has 0 radical (unpaired) electrons. The van der Waals surface area contributed by atoms with Crippen molar-refractivity contribution in [2.75, 3.05) is 10.7 Å². The van der Waals surface area contributed by atoms with E-state index in [2.05, 4.69) is 10.7 Å². The zero-order valence-corrected chi connectivity index (χ0v) is 20.3. The summed E-state index contributed by atoms with van der Waals surface area (Å²) >= 11 is 12.1. The lowest BCUT2D eigenvalue weighted by atomic mass is 9.96. The van der Waals surface area contributed by atoms with Crippen molar-refractivity contribution in [3.05, 3.63) is 106 Å². The maximum absolute atomic E-state index is 13.4. The van der Waals surface area contributed by atoms with Crippen LogP contribution in [0.5, 0.6) is 0 Å². The molecule has 0 fully saturated rings. The molecule has 2 aromatic carbocycles. The van der Waals surface area contributed by atoms with Crippen LogP contribution in [0.3, 0.4) is 0 Å². The number of benzene rings is 2. The number of nitrogens with one attached hydrogen (secondary N) is 2. The molecule has 1 aliphatic rings. The zero-order valence-electron chi connectivity index (χ0n) is 18.8. The van der Waals surface area contributed by atoms with E-state index in [-0.39, 0.29) is 49.4 Å². The highest BCUT2D eigenvalue weighted by Gasteiger charge is 2.33. The Kier molecular flexibility index (Phi) is 5.24. The van der Waals surface area contributed by atoms with Crippen LogP contribution in [0.2, 0.25) is 10.0 Å². The maximum atomic E-state index is 13.4. The third kappa shape index (κ3) is 3.36. The highest BCUT2D eigenvalue weighted by atomic mass is 35.5. The van der Waals surface area contributed by atoms with Gasteiger partial charge < -0.3 is 14.2 Å². The van der Waals surface area contributed by atoms with Crippen LogP contribution < -0.4 is 27.2 Å². The van der Waals surface area contributed by atoms with Crippen molar-refractivity contribution < 1.29 is 8.83 Å². The largest absolute Gasteiger partial charge is 0.464 e. The Labute approximate surface area is 221 Å². The van der Waals surface area contributed by atoms with Gasteiger partial charge in [0.05, 0.1) is 21.9 Å². The monoisotopic (exact) mass is 543 g/mol. The first-order chi connectivity index (χ1) is 18.3. The van der Waals surface area contributed by atoms with Gasteiger partial charge in [0, 0.05) is 15.6 Å². The van der Waals surface area contributed by atoms with E-state index in [0.717, 1.165) is 10.9 Å². The second kappa shape index (κ2) is 8.53. The molecule has 0 aliphatic carbocycles. The summed E-state index contributed by atoms with van der Waals surface area (Å²) in [6, 6.07) is 12.8. The summed E-state index contributed by atoms with van der Waals surface area (Å²) in [7, 11) is 0. The fourth-order valence-corrected chi connectivity index (χ4v) is 4.80. The number of halogens is 2. The lowest BCUT2D eigenvalue weighted by molar-refractivity contribution is 0.586. The molecule has 0 saturated heterocycles. The third-order valence-electron chi connectivity index (χ3n) is 6.22. The topological polar surface area (TPSA) is 154 Å². The molecule has 0 bridgehead atoms. The Morgan fingerprint density at radius 1 is 0.842 bits per heavy atom. The highest BCUT2D eigenvalue weighted by Crippen LogP contribution is 2.34. The second-order valence-electron chi connectivity index (χ2n) is 8.32. The fourth-order valence-electron chi connectivity index (χ4n) is 4.46. The predicted molar refractivity (Wildman–Crippen MR) is 140 cm³/mol. The van der Waals surface area contributed by atoms with Gasteiger partial charge in [-0.25, -0.2) is 4.68 Å². The van der Waals surface area contributed by atoms with Crippen LogP contribution in [0.15, 0.2) is 72.1 Å². The molecule has 1 aliphatic heterocycles. The minimum absolute atomic E-state index is 0.0484. The molecule has 4 heterocycles. The summed E-state index contributed by atoms with van der Waals surface area (Å²) < 4.78 is 12.1. The molecule has 0 saturated carbocycles. The van der Waals surface area contributed by atoms with Crippen LogP contribution in [-0.2, 0) is 0 Å². The number of hydrogen-bond donors (Lipinski definition) is 2. The highest BCUT2D eigenvalue weighted by molar-refractivity contribution is 6.31. The van der Waals surface area contributed by atoms with Crippen LogP contribution in [-0.4, -0.2) is 4.68 Å². The number of pyridine rings is 1. The van der Waals surface area contributed by atoms with Crippen LogP contribution in [0, 0.1) is 22.7 Å². The summed E-state index contributed by atoms with van der Waals surface area (Å²) in [5, 5.41) is 23.8. The van der Waals surface area contributed by atoms with E-state index in [0.29, 0.717) is 10.6 Å². The molecule has 3 aromatic heterocycles. The van der Waals surface area contributed by atoms with Crippen molar-refractivity contribution in [1.29, 1.82) is 10.5 Å². The number of nitriles is 2. The van der Waals surface area contributed by atoms with E-state index in [1.807, 2.05) is 6.07 Å². The quantitative estimate of drug-likeness (QED) is 0.328. The van der Waals surface area contributed by atoms with Crippen LogP contribution in [0.25, 0.3) is 33.1 Å². The number of anilines is 1. The molecular formula is C26H11Cl2N5O5. The molecule has 0 amide bonds. The van der Waals surface area contributed by atoms with Crippen LogP contribution in [0.4, 0.5) is 5.82 Å². The SMILES string of the molecule is N#Cc1c(-c2coc3ccc(Cl)cc3c2=O)c(C#N)c(=O)n2c1NC(c1coc3ccc(Cl)cc3c1=O)N2. The summed E-state index contributed by atoms with van der Waals surface area (Å²) in [5.74, 6) is -0.0484. The van der Waals surface area contributed by atoms with E-state index >= 15 is 0 Å². The van der Waals surface area contributed by atoms with E-state index in [9.17, 15) is 24.9 Å². The average Bonchev–Trinajstić information content (AvgIpc) is 3.35. The van der Waals surface area contributed by atoms with Gasteiger partial charge in [0.1, 0.15) is 58.9 Å². The summed E-state index contributed by atoms with van der Waals surface area (Å²) in [6.07, 6.45) is 1.30. The smallest absolute Gasteiger partial charge is 0.289 e. The Morgan fingerprint density at radius 3 is 2.08 bits per heavy atom. The number of fused-ring (bicyclic) bond motifs is 3. The molecule has 1 atom stereocenters. The molecule has 1 unspecified atom stereocenters. The molecule has 2 N–H and O–H groups in total. The summed E-state index contributed by atoms with van der Waals surface area (Å²) in [6.45, 7) is 0. The van der Waals surface area contributed by atoms with E-state index in [1.165, 1.54) is 24.5 Å². The standard InChI is InChI=1S/C26H11Cl2N5O5/c27-11-1-3-19-13(5-11)22(34)17(9-37-19)21-15(7-29)25-31-24(32-33(25)26(36)16(21)8-30)18-10-38-20-4-2-12(28)6-14(20)23(18)35/h1-6,9-10,24,31-32H. The van der Waals surface area contributed by atoms with E-state index in [4.69, 9.17) is 32.0 Å². The van der Waals surface area contributed by atoms with Gasteiger partial charge >= 0.3 is 0 Å². The fraction of sp³-hybridized carbons (Fsp3) is 0.0385. The minimum Gasteiger partial charge on any atom is -0.464 e. The number of aromatic nitrogens is 1. The van der Waals surface area contributed by atoms with E-state index < -0.39 is 28.1 Å². The third-order valence-corrected chi connectivity index (χ3v) is 6.69. The van der Waals surface area contributed by atoms with Crippen molar-refractivity contribution in [2.45, 2.75) is 6.17 Å². The van der Waals surface area contributed by atoms with Crippen LogP contribution >= 0.6 is 23.2 Å². The zero-order chi connectivity index (χ0) is 26.7. The van der Waals surface area contributed by atoms with Gasteiger partial charge in [-0.3, -0.25) is 19.8 Å². The van der Waals surface area contributed by atoms with Crippen molar-refractivity contribution in [3.63, 3.8) is 0 Å². The van der Waals surface area contributed by atoms with Crippen molar-refractivity contribution in [3.8, 4) is 23.3 Å². The molecule has 10 nitrogen and oxygen atoms in total. The van der Waals surface area contributed by atoms with Crippen molar-refractivity contribution in [2.24, 2.45) is 0 Å². The number of rotatable bonds is 2. The molecular weight excluding hydrogens is 533 g/mol. The first-order valence-corrected chi connectivity index (χ1v) is 11.7. The Balaban J connectivity index is 1.57. The molecule has 38 heavy (non-hydrogen) atoms. The van der Waals surface area contributed by atoms with Gasteiger partial charge in [-0.05, 0) is 36.4 Å². The minimum atomic E-state index is -1.01. The maximum Gasteiger partial charge on any atom is 0.289 e. The molecule has 184 valence electrons. The normalized spacial score (nSPS) is 13.9. The second-order valence-corrected chi connectivity index (χ2v) is 9.20. The molecule has 0 spiro atoms. The van der Waals surface area contributed by atoms with Gasteiger partial charge in [0.15, 0.2) is 5.43 Å². The first kappa shape index (κ1) is 23.4. The molecule has 6 rings (SSSR count). The first-order valence-electron chi connectivity index (χ1n) is 10.9. The number of nitrogens with zero attached hydrogens (tertiary/aromatic N) is 3. The Hall–Kier alpha value is -5.03. The molecule has 5 aromatic rings. The Bertz CT molecular complexity index is 2120. The Morgan fingerprint density at radius 2 is 1.45 bits per heavy atom. The van der Waals surface area contributed by atoms with Gasteiger partial charge in [-0.1, -0.05) is 23.2 Å². The van der Waals surface area contributed by atoms with Crippen molar-refractivity contribution in [1.82, 2.24) is 4.68 Å². The van der Waals surface area contributed by atoms with Crippen molar-refractivity contribution >= 4 is 51.0 Å². The lowest BCUT2D eigenvalue weighted by Gasteiger charge is -2.11. The van der Waals surface area contributed by atoms with Crippen LogP contribution in [0.1, 0.15) is 22.9 Å². The predicted octanol–water partition coefficient (Wildman–Crippen LogP) is 4.45. The van der Waals surface area contributed by atoms with Gasteiger partial charge in [-0.15, -0.1) is 0 Å². The van der Waals surface area contributed by atoms with E-state index in [1.54, 1.807) is 24.3 Å². The summed E-state index contributed by atoms with van der Waals surface area (Å²) in [4.78, 5) is 39.9. The van der Waals surface area contributed by atoms with Gasteiger partial charge in [0.25, 0.3) is 5.56 Å². The average molecular weight is 544 g/mol. The van der Waals surface area contributed by atoms with Gasteiger partial charge in [-0.2, -0.15) is 10.5 Å². The molecule has 12 heteroatoms. The lowest BCUT2D eigenvalue weighted by Crippen LogP contribution is -2.30.